The first kappa shape index (κ1) is 20.8. The average molecular weight is 397 g/mol. The van der Waals surface area contributed by atoms with E-state index >= 15 is 0 Å². The van der Waals surface area contributed by atoms with Gasteiger partial charge in [-0.15, -0.1) is 0 Å². The highest BCUT2D eigenvalue weighted by Crippen LogP contribution is 2.35. The van der Waals surface area contributed by atoms with Crippen molar-refractivity contribution >= 4 is 23.5 Å². The van der Waals surface area contributed by atoms with Crippen molar-refractivity contribution in [1.29, 1.82) is 5.26 Å². The van der Waals surface area contributed by atoms with Gasteiger partial charge in [-0.25, -0.2) is 0 Å². The van der Waals surface area contributed by atoms with E-state index in [1.54, 1.807) is 24.3 Å². The number of rotatable bonds is 5. The molecule has 3 rings (SSSR count). The molecule has 7 heteroatoms. The Bertz CT molecular complexity index is 832. The van der Waals surface area contributed by atoms with E-state index in [9.17, 15) is 14.4 Å². The van der Waals surface area contributed by atoms with Gasteiger partial charge in [0.15, 0.2) is 6.61 Å². The minimum atomic E-state index is -0.536. The van der Waals surface area contributed by atoms with Crippen molar-refractivity contribution in [3.8, 4) is 6.07 Å². The predicted molar refractivity (Wildman–Crippen MR) is 107 cm³/mol. The Morgan fingerprint density at radius 1 is 1.28 bits per heavy atom. The number of carbonyl (C=O) groups is 3. The minimum absolute atomic E-state index is 0.00898. The van der Waals surface area contributed by atoms with Crippen LogP contribution in [-0.2, 0) is 19.1 Å². The lowest BCUT2D eigenvalue weighted by Gasteiger charge is -2.39. The molecule has 1 saturated heterocycles. The maximum absolute atomic E-state index is 12.5. The van der Waals surface area contributed by atoms with Gasteiger partial charge in [-0.3, -0.25) is 14.4 Å². The van der Waals surface area contributed by atoms with E-state index in [2.05, 4.69) is 19.2 Å². The summed E-state index contributed by atoms with van der Waals surface area (Å²) in [5, 5.41) is 11.6. The third-order valence-electron chi connectivity index (χ3n) is 6.22. The fourth-order valence-corrected chi connectivity index (χ4v) is 4.33. The number of amides is 2. The molecule has 1 aromatic carbocycles. The van der Waals surface area contributed by atoms with Crippen LogP contribution >= 0.6 is 0 Å². The van der Waals surface area contributed by atoms with Crippen LogP contribution < -0.4 is 5.32 Å². The van der Waals surface area contributed by atoms with E-state index in [0.717, 1.165) is 12.8 Å². The SMILES string of the molecule is C[C@@H]1[C@H](C)CCC[C@@H]1N1C[C@H](C(=O)OCC(=O)Nc2ccccc2C#N)CC1=O. The normalized spacial score (nSPS) is 26.7. The second kappa shape index (κ2) is 9.08. The molecule has 1 aromatic rings. The van der Waals surface area contributed by atoms with Gasteiger partial charge < -0.3 is 15.0 Å². The van der Waals surface area contributed by atoms with Gasteiger partial charge in [0.1, 0.15) is 6.07 Å². The molecule has 4 atom stereocenters. The van der Waals surface area contributed by atoms with E-state index < -0.39 is 24.4 Å². The first-order chi connectivity index (χ1) is 13.9. The Hall–Kier alpha value is -2.88. The van der Waals surface area contributed by atoms with Gasteiger partial charge in [0.2, 0.25) is 5.91 Å². The summed E-state index contributed by atoms with van der Waals surface area (Å²) in [6.07, 6.45) is 3.38. The van der Waals surface area contributed by atoms with E-state index in [0.29, 0.717) is 29.6 Å². The highest BCUT2D eigenvalue weighted by atomic mass is 16.5. The lowest BCUT2D eigenvalue weighted by molar-refractivity contribution is -0.151. The summed E-state index contributed by atoms with van der Waals surface area (Å²) in [4.78, 5) is 38.8. The first-order valence-corrected chi connectivity index (χ1v) is 10.2. The molecule has 2 aliphatic rings. The maximum Gasteiger partial charge on any atom is 0.311 e. The van der Waals surface area contributed by atoms with Gasteiger partial charge in [-0.1, -0.05) is 38.8 Å². The molecule has 7 nitrogen and oxygen atoms in total. The minimum Gasteiger partial charge on any atom is -0.455 e. The van der Waals surface area contributed by atoms with Crippen molar-refractivity contribution in [3.63, 3.8) is 0 Å². The molecule has 0 spiro atoms. The summed E-state index contributed by atoms with van der Waals surface area (Å²) in [5.41, 5.74) is 0.707. The number of nitrogens with zero attached hydrogens (tertiary/aromatic N) is 2. The van der Waals surface area contributed by atoms with E-state index in [4.69, 9.17) is 10.00 Å². The summed E-state index contributed by atoms with van der Waals surface area (Å²) in [6.45, 7) is 4.31. The van der Waals surface area contributed by atoms with Crippen LogP contribution in [-0.4, -0.2) is 41.9 Å². The van der Waals surface area contributed by atoms with Gasteiger partial charge in [0.25, 0.3) is 5.91 Å². The average Bonchev–Trinajstić information content (AvgIpc) is 3.10. The Kier molecular flexibility index (Phi) is 6.53. The summed E-state index contributed by atoms with van der Waals surface area (Å²) >= 11 is 0. The van der Waals surface area contributed by atoms with Gasteiger partial charge in [0.05, 0.1) is 17.2 Å². The van der Waals surface area contributed by atoms with E-state index in [1.165, 1.54) is 6.42 Å². The molecule has 0 bridgehead atoms. The zero-order chi connectivity index (χ0) is 21.0. The third kappa shape index (κ3) is 4.76. The second-order valence-corrected chi connectivity index (χ2v) is 8.10. The highest BCUT2D eigenvalue weighted by molar-refractivity contribution is 5.94. The number of anilines is 1. The van der Waals surface area contributed by atoms with E-state index in [-0.39, 0.29) is 18.4 Å². The molecule has 2 fully saturated rings. The van der Waals surface area contributed by atoms with E-state index in [1.807, 2.05) is 11.0 Å². The van der Waals surface area contributed by atoms with Crippen molar-refractivity contribution in [1.82, 2.24) is 4.90 Å². The second-order valence-electron chi connectivity index (χ2n) is 8.10. The van der Waals surface area contributed by atoms with Crippen LogP contribution in [0.5, 0.6) is 0 Å². The molecule has 1 aliphatic heterocycles. The molecule has 0 radical (unpaired) electrons. The quantitative estimate of drug-likeness (QED) is 0.770. The van der Waals surface area contributed by atoms with Crippen LogP contribution in [0.3, 0.4) is 0 Å². The number of likely N-dealkylation sites (tertiary alicyclic amines) is 1. The molecule has 29 heavy (non-hydrogen) atoms. The van der Waals surface area contributed by atoms with Crippen LogP contribution in [0.1, 0.15) is 45.1 Å². The van der Waals surface area contributed by atoms with Crippen LogP contribution in [0, 0.1) is 29.1 Å². The topological polar surface area (TPSA) is 99.5 Å². The van der Waals surface area contributed by atoms with Crippen molar-refractivity contribution in [2.75, 3.05) is 18.5 Å². The number of hydrogen-bond donors (Lipinski definition) is 1. The number of ether oxygens (including phenoxy) is 1. The zero-order valence-corrected chi connectivity index (χ0v) is 16.9. The van der Waals surface area contributed by atoms with Crippen molar-refractivity contribution in [2.45, 2.75) is 45.6 Å². The van der Waals surface area contributed by atoms with Gasteiger partial charge in [-0.05, 0) is 30.4 Å². The fraction of sp³-hybridized carbons (Fsp3) is 0.545. The molecular formula is C22H27N3O4. The molecule has 1 aliphatic carbocycles. The Balaban J connectivity index is 1.52. The molecule has 1 saturated carbocycles. The van der Waals surface area contributed by atoms with Crippen LogP contribution in [0.25, 0.3) is 0 Å². The standard InChI is InChI=1S/C22H27N3O4/c1-14-6-5-9-19(15(14)2)25-12-17(10-21(25)27)22(28)29-13-20(26)24-18-8-4-3-7-16(18)11-23/h3-4,7-8,14-15,17,19H,5-6,9-10,12-13H2,1-2H3,(H,24,26)/t14-,15-,17-,19+/m1/s1. The molecule has 0 unspecified atom stereocenters. The summed E-state index contributed by atoms with van der Waals surface area (Å²) in [6, 6.07) is 8.77. The number of para-hydroxylation sites is 1. The van der Waals surface area contributed by atoms with Crippen LogP contribution in [0.2, 0.25) is 0 Å². The molecule has 1 N–H and O–H groups in total. The molecular weight excluding hydrogens is 370 g/mol. The number of nitriles is 1. The van der Waals surface area contributed by atoms with Crippen LogP contribution in [0.15, 0.2) is 24.3 Å². The maximum atomic E-state index is 12.5. The van der Waals surface area contributed by atoms with Crippen LogP contribution in [0.4, 0.5) is 5.69 Å². The monoisotopic (exact) mass is 397 g/mol. The smallest absolute Gasteiger partial charge is 0.311 e. The fourth-order valence-electron chi connectivity index (χ4n) is 4.33. The largest absolute Gasteiger partial charge is 0.455 e. The number of hydrogen-bond acceptors (Lipinski definition) is 5. The third-order valence-corrected chi connectivity index (χ3v) is 6.22. The molecule has 154 valence electrons. The van der Waals surface area contributed by atoms with Gasteiger partial charge in [-0.2, -0.15) is 5.26 Å². The molecule has 2 amide bonds. The summed E-state index contributed by atoms with van der Waals surface area (Å²) in [5.74, 6) is -0.615. The number of nitrogens with one attached hydrogen (secondary N) is 1. The predicted octanol–water partition coefficient (Wildman–Crippen LogP) is 2.71. The number of carbonyl (C=O) groups excluding carboxylic acids is 3. The highest BCUT2D eigenvalue weighted by Gasteiger charge is 2.42. The first-order valence-electron chi connectivity index (χ1n) is 10.2. The summed E-state index contributed by atoms with van der Waals surface area (Å²) < 4.78 is 5.15. The lowest BCUT2D eigenvalue weighted by atomic mass is 9.77. The Morgan fingerprint density at radius 2 is 2.03 bits per heavy atom. The van der Waals surface area contributed by atoms with Crippen molar-refractivity contribution in [2.24, 2.45) is 17.8 Å². The van der Waals surface area contributed by atoms with Crippen molar-refractivity contribution < 1.29 is 19.1 Å². The molecule has 1 heterocycles. The summed E-state index contributed by atoms with van der Waals surface area (Å²) in [7, 11) is 0. The number of benzene rings is 1. The lowest BCUT2D eigenvalue weighted by Crippen LogP contribution is -2.45. The Labute approximate surface area is 171 Å². The molecule has 0 aromatic heterocycles. The van der Waals surface area contributed by atoms with Crippen molar-refractivity contribution in [3.05, 3.63) is 29.8 Å². The zero-order valence-electron chi connectivity index (χ0n) is 16.9. The number of esters is 1. The van der Waals surface area contributed by atoms with Gasteiger partial charge in [0, 0.05) is 19.0 Å². The van der Waals surface area contributed by atoms with Gasteiger partial charge >= 0.3 is 5.97 Å². The Morgan fingerprint density at radius 3 is 2.79 bits per heavy atom.